The summed E-state index contributed by atoms with van der Waals surface area (Å²) < 4.78 is 0. The van der Waals surface area contributed by atoms with Gasteiger partial charge in [0.2, 0.25) is 0 Å². The van der Waals surface area contributed by atoms with E-state index in [-0.39, 0.29) is 12.5 Å². The van der Waals surface area contributed by atoms with Crippen LogP contribution < -0.4 is 0 Å². The zero-order valence-corrected chi connectivity index (χ0v) is 3.39. The maximum Gasteiger partial charge on any atom is 0.0992 e. The van der Waals surface area contributed by atoms with E-state index in [4.69, 9.17) is 10.2 Å². The molecule has 2 heteroatoms. The maximum absolute atomic E-state index is 8.38. The molecule has 1 saturated carbocycles. The van der Waals surface area contributed by atoms with Gasteiger partial charge in [-0.05, 0) is 6.42 Å². The molecule has 0 spiro atoms. The Morgan fingerprint density at radius 1 is 1.83 bits per heavy atom. The van der Waals surface area contributed by atoms with Crippen LogP contribution in [-0.2, 0) is 0 Å². The smallest absolute Gasteiger partial charge is 0.0992 e. The quantitative estimate of drug-likeness (QED) is 0.469. The van der Waals surface area contributed by atoms with E-state index < -0.39 is 0 Å². The Hall–Kier alpha value is -0.0800. The van der Waals surface area contributed by atoms with Crippen LogP contribution in [0.1, 0.15) is 6.42 Å². The van der Waals surface area contributed by atoms with Gasteiger partial charge in [0.05, 0.1) is 6.10 Å². The molecule has 0 aromatic rings. The van der Waals surface area contributed by atoms with Crippen LogP contribution in [0.15, 0.2) is 0 Å². The predicted octanol–water partition coefficient (Wildman–Crippen LogP) is -0.0969. The average molecular weight is 87.1 g/mol. The van der Waals surface area contributed by atoms with Gasteiger partial charge in [0.15, 0.2) is 0 Å². The van der Waals surface area contributed by atoms with Gasteiger partial charge in [0.25, 0.3) is 0 Å². The van der Waals surface area contributed by atoms with Crippen LogP contribution in [0.4, 0.5) is 0 Å². The SMILES string of the molecule is OCC1C[C]1O. The zero-order valence-electron chi connectivity index (χ0n) is 3.39. The molecule has 1 radical (unpaired) electrons. The van der Waals surface area contributed by atoms with Gasteiger partial charge in [-0.15, -0.1) is 0 Å². The third-order valence-electron chi connectivity index (χ3n) is 0.987. The molecule has 1 aliphatic carbocycles. The van der Waals surface area contributed by atoms with E-state index in [9.17, 15) is 0 Å². The Bertz CT molecular complexity index is 51.5. The fourth-order valence-electron chi connectivity index (χ4n) is 0.363. The normalized spacial score (nSPS) is 34.0. The van der Waals surface area contributed by atoms with Crippen molar-refractivity contribution in [3.63, 3.8) is 0 Å². The molecular weight excluding hydrogens is 80.0 g/mol. The molecule has 0 aliphatic heterocycles. The molecule has 0 aromatic carbocycles. The summed E-state index contributed by atoms with van der Waals surface area (Å²) in [7, 11) is 0. The molecule has 35 valence electrons. The molecule has 1 rings (SSSR count). The van der Waals surface area contributed by atoms with Crippen LogP contribution in [0, 0.1) is 12.0 Å². The highest BCUT2D eigenvalue weighted by Crippen LogP contribution is 2.36. The number of hydrogen-bond acceptors (Lipinski definition) is 2. The molecule has 0 heterocycles. The molecule has 2 N–H and O–H groups in total. The Kier molecular flexibility index (Phi) is 0.821. The zero-order chi connectivity index (χ0) is 4.57. The van der Waals surface area contributed by atoms with Gasteiger partial charge < -0.3 is 10.2 Å². The van der Waals surface area contributed by atoms with Crippen molar-refractivity contribution >= 4 is 0 Å². The molecule has 0 saturated heterocycles. The van der Waals surface area contributed by atoms with E-state index in [2.05, 4.69) is 0 Å². The lowest BCUT2D eigenvalue weighted by Crippen LogP contribution is -1.84. The van der Waals surface area contributed by atoms with Crippen LogP contribution >= 0.6 is 0 Å². The number of rotatable bonds is 1. The molecular formula is C4H7O2. The second-order valence-corrected chi connectivity index (χ2v) is 1.57. The third-order valence-corrected chi connectivity index (χ3v) is 0.987. The fraction of sp³-hybridized carbons (Fsp3) is 0.750. The van der Waals surface area contributed by atoms with Gasteiger partial charge in [-0.2, -0.15) is 0 Å². The molecule has 1 fully saturated rings. The lowest BCUT2D eigenvalue weighted by molar-refractivity contribution is 0.255. The summed E-state index contributed by atoms with van der Waals surface area (Å²) in [4.78, 5) is 0. The summed E-state index contributed by atoms with van der Waals surface area (Å²) >= 11 is 0. The van der Waals surface area contributed by atoms with Gasteiger partial charge in [0.1, 0.15) is 0 Å². The minimum absolute atomic E-state index is 0.117. The largest absolute Gasteiger partial charge is 0.396 e. The van der Waals surface area contributed by atoms with Gasteiger partial charge in [-0.3, -0.25) is 0 Å². The lowest BCUT2D eigenvalue weighted by Gasteiger charge is -1.78. The summed E-state index contributed by atoms with van der Waals surface area (Å²) in [6, 6.07) is 0. The monoisotopic (exact) mass is 87.0 g/mol. The molecule has 0 amide bonds. The maximum atomic E-state index is 8.38. The van der Waals surface area contributed by atoms with Gasteiger partial charge >= 0.3 is 0 Å². The Balaban J connectivity index is 2.09. The van der Waals surface area contributed by atoms with Crippen LogP contribution in [0.2, 0.25) is 0 Å². The Morgan fingerprint density at radius 2 is 2.33 bits per heavy atom. The van der Waals surface area contributed by atoms with Crippen molar-refractivity contribution in [1.29, 1.82) is 0 Å². The van der Waals surface area contributed by atoms with E-state index in [1.54, 1.807) is 0 Å². The highest BCUT2D eigenvalue weighted by molar-refractivity contribution is 5.03. The van der Waals surface area contributed by atoms with Crippen LogP contribution in [-0.4, -0.2) is 16.8 Å². The van der Waals surface area contributed by atoms with Gasteiger partial charge in [-0.25, -0.2) is 0 Å². The molecule has 6 heavy (non-hydrogen) atoms. The van der Waals surface area contributed by atoms with Crippen LogP contribution in [0.3, 0.4) is 0 Å². The molecule has 1 unspecified atom stereocenters. The van der Waals surface area contributed by atoms with Gasteiger partial charge in [0, 0.05) is 12.5 Å². The third kappa shape index (κ3) is 0.533. The van der Waals surface area contributed by atoms with Gasteiger partial charge in [-0.1, -0.05) is 0 Å². The van der Waals surface area contributed by atoms with Crippen molar-refractivity contribution in [2.24, 2.45) is 5.92 Å². The lowest BCUT2D eigenvalue weighted by atomic mass is 10.5. The standard InChI is InChI=1S/C4H7O2/c5-2-3-1-4(3)6/h3,5-6H,1-2H2. The van der Waals surface area contributed by atoms with Crippen molar-refractivity contribution in [2.75, 3.05) is 6.61 Å². The first-order valence-electron chi connectivity index (χ1n) is 2.00. The topological polar surface area (TPSA) is 40.5 Å². The van der Waals surface area contributed by atoms with E-state index in [1.165, 1.54) is 0 Å². The average Bonchev–Trinajstić information content (AvgIpc) is 2.19. The molecule has 2 nitrogen and oxygen atoms in total. The van der Waals surface area contributed by atoms with E-state index in [0.29, 0.717) is 6.10 Å². The molecule has 1 aliphatic rings. The van der Waals surface area contributed by atoms with Crippen LogP contribution in [0.5, 0.6) is 0 Å². The minimum atomic E-state index is 0.117. The van der Waals surface area contributed by atoms with E-state index >= 15 is 0 Å². The Labute approximate surface area is 36.4 Å². The van der Waals surface area contributed by atoms with Crippen molar-refractivity contribution in [3.8, 4) is 0 Å². The molecule has 0 bridgehead atoms. The van der Waals surface area contributed by atoms with E-state index in [0.717, 1.165) is 6.42 Å². The summed E-state index contributed by atoms with van der Waals surface area (Å²) in [5, 5.41) is 16.6. The second kappa shape index (κ2) is 1.21. The number of aliphatic hydroxyl groups excluding tert-OH is 2. The first-order chi connectivity index (χ1) is 2.84. The number of hydrogen-bond donors (Lipinski definition) is 2. The first kappa shape index (κ1) is 4.09. The first-order valence-corrected chi connectivity index (χ1v) is 2.00. The second-order valence-electron chi connectivity index (χ2n) is 1.57. The highest BCUT2D eigenvalue weighted by Gasteiger charge is 2.35. The van der Waals surface area contributed by atoms with Crippen LogP contribution in [0.25, 0.3) is 0 Å². The summed E-state index contributed by atoms with van der Waals surface area (Å²) in [6.07, 6.45) is 1.17. The predicted molar refractivity (Wildman–Crippen MR) is 20.4 cm³/mol. The summed E-state index contributed by atoms with van der Waals surface area (Å²) in [6.45, 7) is 0.117. The highest BCUT2D eigenvalue weighted by atomic mass is 16.3. The Morgan fingerprint density at radius 3 is 2.33 bits per heavy atom. The molecule has 0 aromatic heterocycles. The fourth-order valence-corrected chi connectivity index (χ4v) is 0.363. The van der Waals surface area contributed by atoms with Crippen molar-refractivity contribution < 1.29 is 10.2 Å². The van der Waals surface area contributed by atoms with Crippen molar-refractivity contribution in [2.45, 2.75) is 6.42 Å². The van der Waals surface area contributed by atoms with E-state index in [1.807, 2.05) is 0 Å². The number of aliphatic hydroxyl groups is 2. The summed E-state index contributed by atoms with van der Waals surface area (Å²) in [5.74, 6) is 0.130. The van der Waals surface area contributed by atoms with Crippen molar-refractivity contribution in [3.05, 3.63) is 6.10 Å². The minimum Gasteiger partial charge on any atom is -0.396 e. The van der Waals surface area contributed by atoms with Crippen molar-refractivity contribution in [1.82, 2.24) is 0 Å². The molecule has 1 atom stereocenters. The summed E-state index contributed by atoms with van der Waals surface area (Å²) in [5.41, 5.74) is 0.